The topological polar surface area (TPSA) is 75.2 Å². The standard InChI is InChI=1S/C22H21FN4O2S/c23-17-8-10-18(11-9-17)24-20(29)22-26-25-21(30-22)16-7-4-12-27(14-16)19(28)13-15-5-2-1-3-6-15/h1-3,5-6,8-11,16H,4,7,12-14H2,(H,24,29)/t16-/m0/s1. The van der Waals surface area contributed by atoms with Crippen molar-refractivity contribution in [2.45, 2.75) is 25.2 Å². The number of carbonyl (C=O) groups excluding carboxylic acids is 2. The third-order valence-electron chi connectivity index (χ3n) is 5.06. The first-order chi connectivity index (χ1) is 14.6. The summed E-state index contributed by atoms with van der Waals surface area (Å²) < 4.78 is 13.0. The fourth-order valence-electron chi connectivity index (χ4n) is 3.50. The summed E-state index contributed by atoms with van der Waals surface area (Å²) in [5.74, 6) is -0.568. The van der Waals surface area contributed by atoms with Crippen LogP contribution in [0, 0.1) is 5.82 Å². The fourth-order valence-corrected chi connectivity index (χ4v) is 4.36. The van der Waals surface area contributed by atoms with Crippen LogP contribution in [0.1, 0.15) is 39.1 Å². The van der Waals surface area contributed by atoms with E-state index in [0.29, 0.717) is 18.7 Å². The number of hydrogen-bond acceptors (Lipinski definition) is 5. The molecule has 1 fully saturated rings. The number of aromatic nitrogens is 2. The molecule has 0 radical (unpaired) electrons. The molecule has 1 aliphatic rings. The van der Waals surface area contributed by atoms with Gasteiger partial charge in [-0.1, -0.05) is 41.7 Å². The SMILES string of the molecule is O=C(Nc1ccc(F)cc1)c1nnc([C@H]2CCCN(C(=O)Cc3ccccc3)C2)s1. The molecule has 2 amide bonds. The molecular weight excluding hydrogens is 403 g/mol. The first-order valence-electron chi connectivity index (χ1n) is 9.80. The van der Waals surface area contributed by atoms with Crippen LogP contribution in [0.4, 0.5) is 10.1 Å². The molecule has 0 spiro atoms. The predicted molar refractivity (Wildman–Crippen MR) is 113 cm³/mol. The zero-order valence-electron chi connectivity index (χ0n) is 16.3. The average Bonchev–Trinajstić information content (AvgIpc) is 3.27. The van der Waals surface area contributed by atoms with Gasteiger partial charge in [0, 0.05) is 24.7 Å². The van der Waals surface area contributed by atoms with Gasteiger partial charge in [-0.05, 0) is 42.7 Å². The molecule has 1 N–H and O–H groups in total. The van der Waals surface area contributed by atoms with E-state index in [-0.39, 0.29) is 28.6 Å². The van der Waals surface area contributed by atoms with E-state index in [9.17, 15) is 14.0 Å². The minimum Gasteiger partial charge on any atom is -0.342 e. The first-order valence-corrected chi connectivity index (χ1v) is 10.6. The number of carbonyl (C=O) groups is 2. The molecule has 0 aliphatic carbocycles. The maximum absolute atomic E-state index is 13.0. The summed E-state index contributed by atoms with van der Waals surface area (Å²) in [7, 11) is 0. The summed E-state index contributed by atoms with van der Waals surface area (Å²) in [5, 5.41) is 11.9. The molecule has 0 bridgehead atoms. The van der Waals surface area contributed by atoms with Crippen molar-refractivity contribution in [2.24, 2.45) is 0 Å². The van der Waals surface area contributed by atoms with Gasteiger partial charge in [-0.3, -0.25) is 9.59 Å². The van der Waals surface area contributed by atoms with Gasteiger partial charge >= 0.3 is 0 Å². The van der Waals surface area contributed by atoms with Crippen LogP contribution in [0.15, 0.2) is 54.6 Å². The predicted octanol–water partition coefficient (Wildman–Crippen LogP) is 3.88. The molecule has 0 unspecified atom stereocenters. The summed E-state index contributed by atoms with van der Waals surface area (Å²) in [4.78, 5) is 27.0. The highest BCUT2D eigenvalue weighted by Crippen LogP contribution is 2.29. The highest BCUT2D eigenvalue weighted by atomic mass is 32.1. The van der Waals surface area contributed by atoms with Crippen LogP contribution >= 0.6 is 11.3 Å². The Bertz CT molecular complexity index is 1020. The van der Waals surface area contributed by atoms with E-state index < -0.39 is 0 Å². The molecule has 154 valence electrons. The van der Waals surface area contributed by atoms with Crippen molar-refractivity contribution in [2.75, 3.05) is 18.4 Å². The lowest BCUT2D eigenvalue weighted by molar-refractivity contribution is -0.131. The number of halogens is 1. The van der Waals surface area contributed by atoms with E-state index in [4.69, 9.17) is 0 Å². The number of piperidine rings is 1. The summed E-state index contributed by atoms with van der Waals surface area (Å²) >= 11 is 1.24. The van der Waals surface area contributed by atoms with Crippen LogP contribution in [0.25, 0.3) is 0 Å². The van der Waals surface area contributed by atoms with Gasteiger partial charge in [-0.15, -0.1) is 10.2 Å². The van der Waals surface area contributed by atoms with Gasteiger partial charge in [-0.2, -0.15) is 0 Å². The molecule has 2 aromatic carbocycles. The Kier molecular flexibility index (Phi) is 6.13. The molecule has 1 aliphatic heterocycles. The van der Waals surface area contributed by atoms with E-state index in [0.717, 1.165) is 30.0 Å². The monoisotopic (exact) mass is 424 g/mol. The zero-order valence-corrected chi connectivity index (χ0v) is 17.1. The molecule has 0 saturated carbocycles. The maximum Gasteiger partial charge on any atom is 0.286 e. The molecule has 4 rings (SSSR count). The average molecular weight is 425 g/mol. The molecule has 1 saturated heterocycles. The van der Waals surface area contributed by atoms with Gasteiger partial charge in [0.05, 0.1) is 6.42 Å². The third-order valence-corrected chi connectivity index (χ3v) is 6.14. The lowest BCUT2D eigenvalue weighted by atomic mass is 9.98. The highest BCUT2D eigenvalue weighted by molar-refractivity contribution is 7.13. The highest BCUT2D eigenvalue weighted by Gasteiger charge is 2.28. The minimum absolute atomic E-state index is 0.0725. The second kappa shape index (κ2) is 9.13. The van der Waals surface area contributed by atoms with Crippen LogP contribution in [-0.2, 0) is 11.2 Å². The van der Waals surface area contributed by atoms with Crippen molar-refractivity contribution in [1.29, 1.82) is 0 Å². The molecule has 30 heavy (non-hydrogen) atoms. The number of amides is 2. The van der Waals surface area contributed by atoms with Crippen molar-refractivity contribution in [3.05, 3.63) is 76.0 Å². The number of hydrogen-bond donors (Lipinski definition) is 1. The largest absolute Gasteiger partial charge is 0.342 e. The lowest BCUT2D eigenvalue weighted by Crippen LogP contribution is -2.39. The Morgan fingerprint density at radius 2 is 1.87 bits per heavy atom. The number of anilines is 1. The van der Waals surface area contributed by atoms with Crippen molar-refractivity contribution in [3.8, 4) is 0 Å². The number of nitrogens with one attached hydrogen (secondary N) is 1. The smallest absolute Gasteiger partial charge is 0.286 e. The van der Waals surface area contributed by atoms with E-state index >= 15 is 0 Å². The van der Waals surface area contributed by atoms with E-state index in [1.165, 1.54) is 35.6 Å². The number of likely N-dealkylation sites (tertiary alicyclic amines) is 1. The number of rotatable bonds is 5. The Morgan fingerprint density at radius 1 is 1.10 bits per heavy atom. The van der Waals surface area contributed by atoms with Crippen LogP contribution in [-0.4, -0.2) is 40.0 Å². The van der Waals surface area contributed by atoms with Crippen LogP contribution in [0.5, 0.6) is 0 Å². The summed E-state index contributed by atoms with van der Waals surface area (Å²) in [6, 6.07) is 15.3. The normalized spacial score (nSPS) is 16.3. The van der Waals surface area contributed by atoms with Gasteiger partial charge < -0.3 is 10.2 Å². The van der Waals surface area contributed by atoms with Crippen LogP contribution < -0.4 is 5.32 Å². The van der Waals surface area contributed by atoms with Crippen molar-refractivity contribution in [1.82, 2.24) is 15.1 Å². The van der Waals surface area contributed by atoms with Gasteiger partial charge in [-0.25, -0.2) is 4.39 Å². The number of benzene rings is 2. The third kappa shape index (κ3) is 4.88. The molecule has 3 aromatic rings. The molecule has 1 atom stereocenters. The van der Waals surface area contributed by atoms with Crippen LogP contribution in [0.2, 0.25) is 0 Å². The van der Waals surface area contributed by atoms with Gasteiger partial charge in [0.25, 0.3) is 5.91 Å². The molecule has 8 heteroatoms. The molecule has 6 nitrogen and oxygen atoms in total. The van der Waals surface area contributed by atoms with Crippen LogP contribution in [0.3, 0.4) is 0 Å². The van der Waals surface area contributed by atoms with Gasteiger partial charge in [0.15, 0.2) is 0 Å². The first kappa shape index (κ1) is 20.2. The molecular formula is C22H21FN4O2S. The van der Waals surface area contributed by atoms with E-state index in [1.54, 1.807) is 0 Å². The Labute approximate surface area is 177 Å². The van der Waals surface area contributed by atoms with Crippen molar-refractivity contribution < 1.29 is 14.0 Å². The molecule has 1 aromatic heterocycles. The van der Waals surface area contributed by atoms with Gasteiger partial charge in [0.2, 0.25) is 10.9 Å². The summed E-state index contributed by atoms with van der Waals surface area (Å²) in [5.41, 5.74) is 1.49. The second-order valence-electron chi connectivity index (χ2n) is 7.25. The van der Waals surface area contributed by atoms with E-state index in [2.05, 4.69) is 15.5 Å². The number of nitrogens with zero attached hydrogens (tertiary/aromatic N) is 3. The molecule has 2 heterocycles. The van der Waals surface area contributed by atoms with E-state index in [1.807, 2.05) is 35.2 Å². The summed E-state index contributed by atoms with van der Waals surface area (Å²) in [6.45, 7) is 1.32. The minimum atomic E-state index is -0.377. The quantitative estimate of drug-likeness (QED) is 0.675. The van der Waals surface area contributed by atoms with Crippen molar-refractivity contribution >= 4 is 28.8 Å². The fraction of sp³-hybridized carbons (Fsp3) is 0.273. The Hall–Kier alpha value is -3.13. The Morgan fingerprint density at radius 3 is 2.63 bits per heavy atom. The maximum atomic E-state index is 13.0. The Balaban J connectivity index is 1.38. The zero-order chi connectivity index (χ0) is 20.9. The van der Waals surface area contributed by atoms with Gasteiger partial charge in [0.1, 0.15) is 10.8 Å². The second-order valence-corrected chi connectivity index (χ2v) is 8.26. The summed E-state index contributed by atoms with van der Waals surface area (Å²) in [6.07, 6.45) is 2.18. The van der Waals surface area contributed by atoms with Crippen molar-refractivity contribution in [3.63, 3.8) is 0 Å². The lowest BCUT2D eigenvalue weighted by Gasteiger charge is -2.31.